The summed E-state index contributed by atoms with van der Waals surface area (Å²) in [6, 6.07) is 20.3. The Bertz CT molecular complexity index is 647. The van der Waals surface area contributed by atoms with Gasteiger partial charge >= 0.3 is 0 Å². The average Bonchev–Trinajstić information content (AvgIpc) is 2.52. The van der Waals surface area contributed by atoms with Crippen LogP contribution < -0.4 is 0 Å². The van der Waals surface area contributed by atoms with Crippen molar-refractivity contribution in [3.8, 4) is 0 Å². The topological polar surface area (TPSA) is 24.7 Å². The molecule has 0 N–H and O–H groups in total. The summed E-state index contributed by atoms with van der Waals surface area (Å²) < 4.78 is 0. The highest BCUT2D eigenvalue weighted by atomic mass is 35.5. The number of amidine groups is 1. The SMILES string of the molecule is ClC1CCC/C(c2ccccc2)=N\C(c2ccccc2)=N/1. The van der Waals surface area contributed by atoms with Crippen LogP contribution in [0.2, 0.25) is 0 Å². The molecule has 2 aromatic carbocycles. The summed E-state index contributed by atoms with van der Waals surface area (Å²) in [5, 5.41) is 0. The van der Waals surface area contributed by atoms with Crippen LogP contribution in [-0.2, 0) is 0 Å². The van der Waals surface area contributed by atoms with Crippen molar-refractivity contribution in [1.29, 1.82) is 0 Å². The molecular weight excluding hydrogens is 280 g/mol. The molecule has 0 aromatic heterocycles. The molecule has 1 aliphatic heterocycles. The molecule has 2 aromatic rings. The van der Waals surface area contributed by atoms with Crippen LogP contribution in [0.15, 0.2) is 70.6 Å². The summed E-state index contributed by atoms with van der Waals surface area (Å²) >= 11 is 6.28. The van der Waals surface area contributed by atoms with Gasteiger partial charge in [-0.2, -0.15) is 0 Å². The fraction of sp³-hybridized carbons (Fsp3) is 0.222. The number of hydrogen-bond donors (Lipinski definition) is 0. The van der Waals surface area contributed by atoms with Crippen LogP contribution in [-0.4, -0.2) is 17.0 Å². The average molecular weight is 297 g/mol. The molecule has 1 heterocycles. The van der Waals surface area contributed by atoms with Gasteiger partial charge in [-0.3, -0.25) is 0 Å². The molecule has 0 saturated heterocycles. The third kappa shape index (κ3) is 3.59. The predicted octanol–water partition coefficient (Wildman–Crippen LogP) is 4.67. The normalized spacial score (nSPS) is 24.1. The number of alkyl halides is 1. The molecule has 0 radical (unpaired) electrons. The first-order valence-corrected chi connectivity index (χ1v) is 7.67. The molecule has 21 heavy (non-hydrogen) atoms. The van der Waals surface area contributed by atoms with Gasteiger partial charge in [0.1, 0.15) is 5.50 Å². The van der Waals surface area contributed by atoms with Gasteiger partial charge in [-0.25, -0.2) is 9.98 Å². The lowest BCUT2D eigenvalue weighted by Gasteiger charge is -2.14. The Balaban J connectivity index is 2.04. The Morgan fingerprint density at radius 1 is 0.857 bits per heavy atom. The van der Waals surface area contributed by atoms with Gasteiger partial charge < -0.3 is 0 Å². The molecule has 1 atom stereocenters. The van der Waals surface area contributed by atoms with Crippen LogP contribution >= 0.6 is 11.6 Å². The van der Waals surface area contributed by atoms with Crippen molar-refractivity contribution in [2.45, 2.75) is 24.8 Å². The first kappa shape index (κ1) is 14.0. The molecule has 0 aliphatic carbocycles. The number of benzene rings is 2. The highest BCUT2D eigenvalue weighted by Gasteiger charge is 2.14. The van der Waals surface area contributed by atoms with Crippen molar-refractivity contribution in [1.82, 2.24) is 0 Å². The van der Waals surface area contributed by atoms with E-state index in [1.165, 1.54) is 0 Å². The van der Waals surface area contributed by atoms with E-state index in [-0.39, 0.29) is 5.50 Å². The monoisotopic (exact) mass is 296 g/mol. The maximum absolute atomic E-state index is 6.28. The molecule has 2 nitrogen and oxygen atoms in total. The second-order valence-corrected chi connectivity index (χ2v) is 5.57. The van der Waals surface area contributed by atoms with Gasteiger partial charge in [-0.05, 0) is 24.8 Å². The van der Waals surface area contributed by atoms with Crippen LogP contribution in [0.25, 0.3) is 0 Å². The van der Waals surface area contributed by atoms with Crippen LogP contribution in [0, 0.1) is 0 Å². The molecule has 0 fully saturated rings. The lowest BCUT2D eigenvalue weighted by Crippen LogP contribution is -2.13. The molecule has 0 spiro atoms. The highest BCUT2D eigenvalue weighted by molar-refractivity contribution is 6.22. The summed E-state index contributed by atoms with van der Waals surface area (Å²) in [5.41, 5.74) is 3.07. The van der Waals surface area contributed by atoms with E-state index in [2.05, 4.69) is 17.1 Å². The second-order valence-electron chi connectivity index (χ2n) is 5.07. The van der Waals surface area contributed by atoms with Crippen LogP contribution in [0.4, 0.5) is 0 Å². The molecule has 0 amide bonds. The Kier molecular flexibility index (Phi) is 4.46. The fourth-order valence-corrected chi connectivity index (χ4v) is 2.66. The minimum absolute atomic E-state index is 0.193. The molecule has 3 heteroatoms. The number of aliphatic imine (C=N–C) groups is 2. The van der Waals surface area contributed by atoms with Gasteiger partial charge in [0.05, 0.1) is 5.71 Å². The first-order chi connectivity index (χ1) is 10.3. The molecule has 0 saturated carbocycles. The van der Waals surface area contributed by atoms with E-state index in [1.807, 2.05) is 48.5 Å². The Morgan fingerprint density at radius 3 is 2.14 bits per heavy atom. The maximum Gasteiger partial charge on any atom is 0.156 e. The summed E-state index contributed by atoms with van der Waals surface area (Å²) in [6.45, 7) is 0. The minimum Gasteiger partial charge on any atom is -0.247 e. The molecule has 3 rings (SSSR count). The van der Waals surface area contributed by atoms with E-state index in [0.717, 1.165) is 41.9 Å². The summed E-state index contributed by atoms with van der Waals surface area (Å²) in [6.07, 6.45) is 2.82. The fourth-order valence-electron chi connectivity index (χ4n) is 2.41. The van der Waals surface area contributed by atoms with Crippen LogP contribution in [0.5, 0.6) is 0 Å². The lowest BCUT2D eigenvalue weighted by molar-refractivity contribution is 0.725. The van der Waals surface area contributed by atoms with Gasteiger partial charge in [0.25, 0.3) is 0 Å². The van der Waals surface area contributed by atoms with Gasteiger partial charge in [-0.1, -0.05) is 72.3 Å². The molecule has 1 unspecified atom stereocenters. The van der Waals surface area contributed by atoms with Crippen LogP contribution in [0.1, 0.15) is 30.4 Å². The van der Waals surface area contributed by atoms with Crippen molar-refractivity contribution >= 4 is 23.1 Å². The van der Waals surface area contributed by atoms with Gasteiger partial charge in [0.2, 0.25) is 0 Å². The largest absolute Gasteiger partial charge is 0.247 e. The number of rotatable bonds is 2. The quantitative estimate of drug-likeness (QED) is 0.568. The zero-order chi connectivity index (χ0) is 14.5. The number of hydrogen-bond acceptors (Lipinski definition) is 2. The minimum atomic E-state index is -0.193. The van der Waals surface area contributed by atoms with Gasteiger partial charge in [0.15, 0.2) is 5.84 Å². The van der Waals surface area contributed by atoms with E-state index in [1.54, 1.807) is 0 Å². The number of nitrogens with zero attached hydrogens (tertiary/aromatic N) is 2. The van der Waals surface area contributed by atoms with E-state index in [4.69, 9.17) is 16.6 Å². The molecule has 1 aliphatic rings. The third-order valence-corrected chi connectivity index (χ3v) is 3.81. The second kappa shape index (κ2) is 6.68. The van der Waals surface area contributed by atoms with Crippen molar-refractivity contribution in [2.75, 3.05) is 0 Å². The van der Waals surface area contributed by atoms with Gasteiger partial charge in [-0.15, -0.1) is 0 Å². The van der Waals surface area contributed by atoms with Crippen molar-refractivity contribution < 1.29 is 0 Å². The third-order valence-electron chi connectivity index (χ3n) is 3.50. The summed E-state index contributed by atoms with van der Waals surface area (Å²) in [4.78, 5) is 9.39. The zero-order valence-electron chi connectivity index (χ0n) is 11.7. The maximum atomic E-state index is 6.28. The van der Waals surface area contributed by atoms with Crippen molar-refractivity contribution in [3.63, 3.8) is 0 Å². The van der Waals surface area contributed by atoms with E-state index >= 15 is 0 Å². The van der Waals surface area contributed by atoms with E-state index < -0.39 is 0 Å². The Hall–Kier alpha value is -1.93. The van der Waals surface area contributed by atoms with Crippen molar-refractivity contribution in [2.24, 2.45) is 9.98 Å². The molecule has 106 valence electrons. The first-order valence-electron chi connectivity index (χ1n) is 7.23. The number of halogens is 1. The van der Waals surface area contributed by atoms with Gasteiger partial charge in [0, 0.05) is 5.56 Å². The zero-order valence-corrected chi connectivity index (χ0v) is 12.5. The standard InChI is InChI=1S/C18H17ClN2/c19-17-13-7-12-16(14-8-3-1-4-9-14)20-18(21-17)15-10-5-2-6-11-15/h1-6,8-11,17H,7,12-13H2/b20-16+,21-18-. The van der Waals surface area contributed by atoms with E-state index in [9.17, 15) is 0 Å². The summed E-state index contributed by atoms with van der Waals surface area (Å²) in [7, 11) is 0. The molecular formula is C18H17ClN2. The highest BCUT2D eigenvalue weighted by Crippen LogP contribution is 2.19. The lowest BCUT2D eigenvalue weighted by atomic mass is 10.0. The Labute approximate surface area is 130 Å². The smallest absolute Gasteiger partial charge is 0.156 e. The molecule has 0 bridgehead atoms. The van der Waals surface area contributed by atoms with Crippen molar-refractivity contribution in [3.05, 3.63) is 71.8 Å². The summed E-state index contributed by atoms with van der Waals surface area (Å²) in [5.74, 6) is 0.731. The predicted molar refractivity (Wildman–Crippen MR) is 89.5 cm³/mol. The van der Waals surface area contributed by atoms with E-state index in [0.29, 0.717) is 0 Å². The Morgan fingerprint density at radius 2 is 1.48 bits per heavy atom. The van der Waals surface area contributed by atoms with Crippen LogP contribution in [0.3, 0.4) is 0 Å².